The summed E-state index contributed by atoms with van der Waals surface area (Å²) in [5.74, 6) is 7.35. The quantitative estimate of drug-likeness (QED) is 0.581. The number of hydrogen-bond donors (Lipinski definition) is 1. The van der Waals surface area contributed by atoms with Crippen molar-refractivity contribution in [2.45, 2.75) is 13.3 Å². The molecule has 0 aromatic carbocycles. The van der Waals surface area contributed by atoms with E-state index in [-0.39, 0.29) is 0 Å². The summed E-state index contributed by atoms with van der Waals surface area (Å²) in [6.45, 7) is 2.62. The van der Waals surface area contributed by atoms with Gasteiger partial charge >= 0.3 is 0 Å². The Kier molecular flexibility index (Phi) is 4.36. The zero-order valence-electron chi connectivity index (χ0n) is 8.50. The number of rotatable bonds is 4. The van der Waals surface area contributed by atoms with Crippen molar-refractivity contribution in [1.82, 2.24) is 4.98 Å². The van der Waals surface area contributed by atoms with Crippen molar-refractivity contribution in [3.63, 3.8) is 0 Å². The molecule has 1 rings (SSSR count). The molecule has 1 aromatic heterocycles. The van der Waals surface area contributed by atoms with E-state index in [1.165, 1.54) is 0 Å². The number of anilines is 1. The van der Waals surface area contributed by atoms with Gasteiger partial charge in [-0.05, 0) is 19.1 Å². The van der Waals surface area contributed by atoms with Crippen LogP contribution in [0.15, 0.2) is 18.3 Å². The lowest BCUT2D eigenvalue weighted by atomic mass is 10.4. The second-order valence-corrected chi connectivity index (χ2v) is 2.66. The normalized spacial score (nSPS) is 8.71. The van der Waals surface area contributed by atoms with Crippen molar-refractivity contribution in [3.05, 3.63) is 18.3 Å². The van der Waals surface area contributed by atoms with Gasteiger partial charge in [0.05, 0.1) is 7.11 Å². The molecule has 0 atom stereocenters. The smallest absolute Gasteiger partial charge is 0.168 e. The van der Waals surface area contributed by atoms with Crippen molar-refractivity contribution >= 4 is 5.82 Å². The van der Waals surface area contributed by atoms with Crippen molar-refractivity contribution in [3.8, 4) is 17.6 Å². The molecular weight excluding hydrogens is 176 g/mol. The highest BCUT2D eigenvalue weighted by Gasteiger charge is 2.00. The fraction of sp³-hybridized carbons (Fsp3) is 0.364. The average molecular weight is 190 g/mol. The minimum Gasteiger partial charge on any atom is -0.493 e. The first kappa shape index (κ1) is 10.4. The fourth-order valence-electron chi connectivity index (χ4n) is 1.06. The Balaban J connectivity index is 2.51. The second kappa shape index (κ2) is 5.87. The van der Waals surface area contributed by atoms with Crippen LogP contribution in [0.25, 0.3) is 0 Å². The van der Waals surface area contributed by atoms with Crippen molar-refractivity contribution in [2.75, 3.05) is 19.0 Å². The average Bonchev–Trinajstić information content (AvgIpc) is 2.25. The van der Waals surface area contributed by atoms with Crippen LogP contribution in [0.4, 0.5) is 5.82 Å². The minimum atomic E-state index is 0.761. The molecule has 0 fully saturated rings. The van der Waals surface area contributed by atoms with Crippen LogP contribution in [0.2, 0.25) is 0 Å². The molecule has 0 saturated heterocycles. The van der Waals surface area contributed by atoms with Gasteiger partial charge in [0.2, 0.25) is 0 Å². The third-order valence-electron chi connectivity index (χ3n) is 1.71. The van der Waals surface area contributed by atoms with Gasteiger partial charge in [0.15, 0.2) is 11.6 Å². The summed E-state index contributed by atoms with van der Waals surface area (Å²) in [7, 11) is 1.63. The van der Waals surface area contributed by atoms with Crippen LogP contribution in [0.5, 0.6) is 5.75 Å². The zero-order valence-corrected chi connectivity index (χ0v) is 8.50. The van der Waals surface area contributed by atoms with Gasteiger partial charge in [-0.2, -0.15) is 0 Å². The molecule has 3 nitrogen and oxygen atoms in total. The molecule has 1 aromatic rings. The molecule has 0 bridgehead atoms. The number of nitrogens with zero attached hydrogens (tertiary/aromatic N) is 1. The predicted octanol–water partition coefficient (Wildman–Crippen LogP) is 1.92. The number of hydrogen-bond acceptors (Lipinski definition) is 3. The van der Waals surface area contributed by atoms with Crippen LogP contribution < -0.4 is 10.1 Å². The molecule has 0 spiro atoms. The summed E-state index contributed by atoms with van der Waals surface area (Å²) in [4.78, 5) is 4.16. The van der Waals surface area contributed by atoms with Gasteiger partial charge in [-0.15, -0.1) is 11.8 Å². The standard InChI is InChI=1S/C11H14N2O/c1-3-4-5-8-12-11-10(14-2)7-6-9-13-11/h6-7,9H,5,8H2,1-2H3,(H,12,13). The van der Waals surface area contributed by atoms with E-state index in [9.17, 15) is 0 Å². The van der Waals surface area contributed by atoms with Gasteiger partial charge < -0.3 is 10.1 Å². The highest BCUT2D eigenvalue weighted by Crippen LogP contribution is 2.19. The maximum absolute atomic E-state index is 5.14. The minimum absolute atomic E-state index is 0.761. The van der Waals surface area contributed by atoms with Gasteiger partial charge in [-0.3, -0.25) is 0 Å². The zero-order chi connectivity index (χ0) is 10.2. The summed E-state index contributed by atoms with van der Waals surface area (Å²) in [5.41, 5.74) is 0. The third kappa shape index (κ3) is 2.98. The maximum Gasteiger partial charge on any atom is 0.168 e. The number of pyridine rings is 1. The Hall–Kier alpha value is -1.69. The Labute approximate surface area is 84.5 Å². The Morgan fingerprint density at radius 2 is 2.43 bits per heavy atom. The molecular formula is C11H14N2O. The lowest BCUT2D eigenvalue weighted by Crippen LogP contribution is -2.03. The van der Waals surface area contributed by atoms with Crippen LogP contribution in [0.3, 0.4) is 0 Å². The van der Waals surface area contributed by atoms with E-state index in [4.69, 9.17) is 4.74 Å². The monoisotopic (exact) mass is 190 g/mol. The molecule has 0 saturated carbocycles. The van der Waals surface area contributed by atoms with E-state index >= 15 is 0 Å². The fourth-order valence-corrected chi connectivity index (χ4v) is 1.06. The summed E-state index contributed by atoms with van der Waals surface area (Å²) in [6, 6.07) is 3.72. The Bertz CT molecular complexity index is 339. The van der Waals surface area contributed by atoms with E-state index in [2.05, 4.69) is 22.1 Å². The summed E-state index contributed by atoms with van der Waals surface area (Å²) in [6.07, 6.45) is 2.55. The SMILES string of the molecule is CC#CCCNc1ncccc1OC. The first-order valence-corrected chi connectivity index (χ1v) is 4.51. The Morgan fingerprint density at radius 3 is 3.14 bits per heavy atom. The topological polar surface area (TPSA) is 34.2 Å². The van der Waals surface area contributed by atoms with Gasteiger partial charge in [-0.1, -0.05) is 0 Å². The molecule has 0 radical (unpaired) electrons. The number of methoxy groups -OCH3 is 1. The molecule has 3 heteroatoms. The van der Waals surface area contributed by atoms with E-state index in [0.717, 1.165) is 24.5 Å². The van der Waals surface area contributed by atoms with Gasteiger partial charge in [0, 0.05) is 19.2 Å². The third-order valence-corrected chi connectivity index (χ3v) is 1.71. The summed E-state index contributed by atoms with van der Waals surface area (Å²) < 4.78 is 5.14. The molecule has 0 aliphatic rings. The Morgan fingerprint density at radius 1 is 1.57 bits per heavy atom. The molecule has 0 aliphatic carbocycles. The first-order valence-electron chi connectivity index (χ1n) is 4.51. The van der Waals surface area contributed by atoms with Crippen LogP contribution >= 0.6 is 0 Å². The largest absolute Gasteiger partial charge is 0.493 e. The molecule has 14 heavy (non-hydrogen) atoms. The van der Waals surface area contributed by atoms with Crippen LogP contribution in [-0.2, 0) is 0 Å². The van der Waals surface area contributed by atoms with E-state index in [0.29, 0.717) is 0 Å². The number of aromatic nitrogens is 1. The van der Waals surface area contributed by atoms with Gasteiger partial charge in [0.1, 0.15) is 0 Å². The van der Waals surface area contributed by atoms with Crippen LogP contribution in [-0.4, -0.2) is 18.6 Å². The maximum atomic E-state index is 5.14. The highest BCUT2D eigenvalue weighted by molar-refractivity contribution is 5.49. The second-order valence-electron chi connectivity index (χ2n) is 2.66. The molecule has 0 aliphatic heterocycles. The lowest BCUT2D eigenvalue weighted by Gasteiger charge is -2.07. The lowest BCUT2D eigenvalue weighted by molar-refractivity contribution is 0.415. The number of nitrogens with one attached hydrogen (secondary N) is 1. The number of ether oxygens (including phenoxy) is 1. The van der Waals surface area contributed by atoms with E-state index < -0.39 is 0 Å². The molecule has 0 amide bonds. The van der Waals surface area contributed by atoms with E-state index in [1.807, 2.05) is 19.1 Å². The summed E-state index contributed by atoms with van der Waals surface area (Å²) in [5, 5.41) is 3.16. The van der Waals surface area contributed by atoms with Crippen molar-refractivity contribution < 1.29 is 4.74 Å². The van der Waals surface area contributed by atoms with Crippen LogP contribution in [0, 0.1) is 11.8 Å². The highest BCUT2D eigenvalue weighted by atomic mass is 16.5. The summed E-state index contributed by atoms with van der Waals surface area (Å²) >= 11 is 0. The molecule has 1 heterocycles. The van der Waals surface area contributed by atoms with Crippen molar-refractivity contribution in [1.29, 1.82) is 0 Å². The molecule has 0 unspecified atom stereocenters. The van der Waals surface area contributed by atoms with E-state index in [1.54, 1.807) is 13.3 Å². The molecule has 74 valence electrons. The first-order chi connectivity index (χ1) is 6.88. The van der Waals surface area contributed by atoms with Crippen LogP contribution in [0.1, 0.15) is 13.3 Å². The van der Waals surface area contributed by atoms with Gasteiger partial charge in [-0.25, -0.2) is 4.98 Å². The predicted molar refractivity (Wildman–Crippen MR) is 57.3 cm³/mol. The van der Waals surface area contributed by atoms with Crippen molar-refractivity contribution in [2.24, 2.45) is 0 Å². The van der Waals surface area contributed by atoms with Gasteiger partial charge in [0.25, 0.3) is 0 Å². The molecule has 1 N–H and O–H groups in total.